The highest BCUT2D eigenvalue weighted by Gasteiger charge is 2.19. The summed E-state index contributed by atoms with van der Waals surface area (Å²) in [7, 11) is 0. The molecule has 0 heterocycles. The third kappa shape index (κ3) is 8.58. The van der Waals surface area contributed by atoms with Gasteiger partial charge in [0.15, 0.2) is 0 Å². The summed E-state index contributed by atoms with van der Waals surface area (Å²) < 4.78 is 5.14. The van der Waals surface area contributed by atoms with Gasteiger partial charge in [0.25, 0.3) is 0 Å². The van der Waals surface area contributed by atoms with E-state index in [0.29, 0.717) is 13.1 Å². The van der Waals surface area contributed by atoms with Gasteiger partial charge < -0.3 is 15.4 Å². The lowest BCUT2D eigenvalue weighted by Gasteiger charge is -2.19. The molecule has 0 aromatic rings. The molecule has 122 valence electrons. The van der Waals surface area contributed by atoms with Crippen LogP contribution >= 0.6 is 0 Å². The summed E-state index contributed by atoms with van der Waals surface area (Å²) >= 11 is 0. The van der Waals surface area contributed by atoms with Crippen molar-refractivity contribution in [3.63, 3.8) is 0 Å². The summed E-state index contributed by atoms with van der Waals surface area (Å²) in [5.74, 6) is 0.362. The molecule has 0 aromatic carbocycles. The summed E-state index contributed by atoms with van der Waals surface area (Å²) in [5.41, 5.74) is -0.474. The number of carbonyl (C=O) groups excluding carboxylic acids is 2. The standard InChI is InChI=1S/C16H30N2O3/c1-16(2,3)21-15(20)18-12-8-11-17-14(19)13-9-6-4-5-7-10-13/h13H,4-12H2,1-3H3,(H,17,19)(H,18,20). The topological polar surface area (TPSA) is 67.4 Å². The van der Waals surface area contributed by atoms with E-state index in [0.717, 1.165) is 32.1 Å². The van der Waals surface area contributed by atoms with E-state index in [2.05, 4.69) is 10.6 Å². The van der Waals surface area contributed by atoms with Crippen molar-refractivity contribution in [1.82, 2.24) is 10.6 Å². The van der Waals surface area contributed by atoms with Gasteiger partial charge in [-0.3, -0.25) is 4.79 Å². The lowest BCUT2D eigenvalue weighted by Crippen LogP contribution is -2.35. The molecular formula is C16H30N2O3. The molecule has 0 unspecified atom stereocenters. The molecule has 5 heteroatoms. The van der Waals surface area contributed by atoms with E-state index in [9.17, 15) is 9.59 Å². The SMILES string of the molecule is CC(C)(C)OC(=O)NCCCNC(=O)C1CCCCCC1. The van der Waals surface area contributed by atoms with E-state index < -0.39 is 11.7 Å². The molecule has 21 heavy (non-hydrogen) atoms. The van der Waals surface area contributed by atoms with Crippen molar-refractivity contribution >= 4 is 12.0 Å². The number of rotatable bonds is 5. The minimum absolute atomic E-state index is 0.175. The number of ether oxygens (including phenoxy) is 1. The van der Waals surface area contributed by atoms with Crippen molar-refractivity contribution in [3.05, 3.63) is 0 Å². The minimum atomic E-state index is -0.474. The lowest BCUT2D eigenvalue weighted by molar-refractivity contribution is -0.125. The van der Waals surface area contributed by atoms with E-state index in [1.165, 1.54) is 12.8 Å². The van der Waals surface area contributed by atoms with Crippen molar-refractivity contribution in [3.8, 4) is 0 Å². The van der Waals surface area contributed by atoms with Gasteiger partial charge in [0.1, 0.15) is 5.60 Å². The molecule has 2 N–H and O–H groups in total. The van der Waals surface area contributed by atoms with Crippen LogP contribution in [0.25, 0.3) is 0 Å². The zero-order valence-electron chi connectivity index (χ0n) is 13.7. The van der Waals surface area contributed by atoms with Crippen LogP contribution < -0.4 is 10.6 Å². The summed E-state index contributed by atoms with van der Waals surface area (Å²) in [5, 5.41) is 5.66. The number of carbonyl (C=O) groups is 2. The lowest BCUT2D eigenvalue weighted by atomic mass is 9.99. The monoisotopic (exact) mass is 298 g/mol. The molecule has 2 amide bonds. The van der Waals surface area contributed by atoms with Gasteiger partial charge in [0.2, 0.25) is 5.91 Å². The fraction of sp³-hybridized carbons (Fsp3) is 0.875. The second kappa shape index (κ2) is 8.90. The maximum atomic E-state index is 12.0. The first kappa shape index (κ1) is 17.8. The molecule has 1 aliphatic rings. The van der Waals surface area contributed by atoms with Crippen molar-refractivity contribution in [2.24, 2.45) is 5.92 Å². The average molecular weight is 298 g/mol. The summed E-state index contributed by atoms with van der Waals surface area (Å²) in [6, 6.07) is 0. The van der Waals surface area contributed by atoms with Crippen LogP contribution in [-0.2, 0) is 9.53 Å². The number of nitrogens with one attached hydrogen (secondary N) is 2. The predicted molar refractivity (Wildman–Crippen MR) is 83.1 cm³/mol. The van der Waals surface area contributed by atoms with E-state index in [1.54, 1.807) is 0 Å². The second-order valence-electron chi connectivity index (χ2n) is 6.76. The molecule has 0 aromatic heterocycles. The molecule has 0 saturated heterocycles. The van der Waals surface area contributed by atoms with Gasteiger partial charge in [0.05, 0.1) is 0 Å². The van der Waals surface area contributed by atoms with Gasteiger partial charge in [-0.15, -0.1) is 0 Å². The number of hydrogen-bond acceptors (Lipinski definition) is 3. The highest BCUT2D eigenvalue weighted by Crippen LogP contribution is 2.22. The highest BCUT2D eigenvalue weighted by molar-refractivity contribution is 5.78. The molecule has 0 radical (unpaired) electrons. The molecule has 0 aliphatic heterocycles. The van der Waals surface area contributed by atoms with Crippen molar-refractivity contribution in [2.75, 3.05) is 13.1 Å². The Labute approximate surface area is 128 Å². The second-order valence-corrected chi connectivity index (χ2v) is 6.76. The van der Waals surface area contributed by atoms with Crippen LogP contribution in [0.5, 0.6) is 0 Å². The highest BCUT2D eigenvalue weighted by atomic mass is 16.6. The molecule has 0 bridgehead atoms. The smallest absolute Gasteiger partial charge is 0.407 e. The molecule has 0 atom stereocenters. The Morgan fingerprint density at radius 1 is 1.00 bits per heavy atom. The van der Waals surface area contributed by atoms with Crippen LogP contribution in [0.2, 0.25) is 0 Å². The average Bonchev–Trinajstić information content (AvgIpc) is 2.64. The normalized spacial score (nSPS) is 16.9. The van der Waals surface area contributed by atoms with Crippen molar-refractivity contribution in [1.29, 1.82) is 0 Å². The first-order chi connectivity index (χ1) is 9.88. The zero-order valence-corrected chi connectivity index (χ0v) is 13.7. The Morgan fingerprint density at radius 2 is 1.57 bits per heavy atom. The molecule has 1 saturated carbocycles. The third-order valence-electron chi connectivity index (χ3n) is 3.55. The van der Waals surface area contributed by atoms with Crippen LogP contribution in [0, 0.1) is 5.92 Å². The fourth-order valence-electron chi connectivity index (χ4n) is 2.49. The number of hydrogen-bond donors (Lipinski definition) is 2. The van der Waals surface area contributed by atoms with Gasteiger partial charge in [-0.2, -0.15) is 0 Å². The molecule has 5 nitrogen and oxygen atoms in total. The predicted octanol–water partition coefficient (Wildman–Crippen LogP) is 2.99. The van der Waals surface area contributed by atoms with Gasteiger partial charge in [-0.25, -0.2) is 4.79 Å². The van der Waals surface area contributed by atoms with Gasteiger partial charge in [-0.1, -0.05) is 25.7 Å². The van der Waals surface area contributed by atoms with Crippen LogP contribution in [0.1, 0.15) is 65.7 Å². The Balaban J connectivity index is 2.08. The Hall–Kier alpha value is -1.26. The van der Waals surface area contributed by atoms with E-state index in [4.69, 9.17) is 4.74 Å². The summed E-state index contributed by atoms with van der Waals surface area (Å²) in [4.78, 5) is 23.4. The maximum Gasteiger partial charge on any atom is 0.407 e. The van der Waals surface area contributed by atoms with E-state index in [-0.39, 0.29) is 11.8 Å². The largest absolute Gasteiger partial charge is 0.444 e. The Morgan fingerprint density at radius 3 is 2.14 bits per heavy atom. The Bertz CT molecular complexity index is 329. The molecule has 1 fully saturated rings. The third-order valence-corrected chi connectivity index (χ3v) is 3.55. The number of amides is 2. The van der Waals surface area contributed by atoms with E-state index in [1.807, 2.05) is 20.8 Å². The first-order valence-corrected chi connectivity index (χ1v) is 8.13. The summed E-state index contributed by atoms with van der Waals surface area (Å²) in [6.07, 6.45) is 7.18. The van der Waals surface area contributed by atoms with Crippen LogP contribution in [0.4, 0.5) is 4.79 Å². The quantitative estimate of drug-likeness (QED) is 0.605. The van der Waals surface area contributed by atoms with Gasteiger partial charge in [-0.05, 0) is 40.0 Å². The van der Waals surface area contributed by atoms with Crippen LogP contribution in [0.3, 0.4) is 0 Å². The van der Waals surface area contributed by atoms with Crippen molar-refractivity contribution < 1.29 is 14.3 Å². The maximum absolute atomic E-state index is 12.0. The molecular weight excluding hydrogens is 268 g/mol. The van der Waals surface area contributed by atoms with E-state index >= 15 is 0 Å². The van der Waals surface area contributed by atoms with Gasteiger partial charge >= 0.3 is 6.09 Å². The molecule has 1 aliphatic carbocycles. The Kier molecular flexibility index (Phi) is 7.54. The van der Waals surface area contributed by atoms with Crippen LogP contribution in [-0.4, -0.2) is 30.7 Å². The first-order valence-electron chi connectivity index (χ1n) is 8.13. The fourth-order valence-corrected chi connectivity index (χ4v) is 2.49. The zero-order chi connectivity index (χ0) is 15.7. The van der Waals surface area contributed by atoms with Gasteiger partial charge in [0, 0.05) is 19.0 Å². The van der Waals surface area contributed by atoms with Crippen LogP contribution in [0.15, 0.2) is 0 Å². The molecule has 1 rings (SSSR count). The van der Waals surface area contributed by atoms with Crippen molar-refractivity contribution in [2.45, 2.75) is 71.3 Å². The minimum Gasteiger partial charge on any atom is -0.444 e. The summed E-state index contributed by atoms with van der Waals surface area (Å²) in [6.45, 7) is 6.61. The molecule has 0 spiro atoms. The number of alkyl carbamates (subject to hydrolysis) is 1.